The van der Waals surface area contributed by atoms with Crippen LogP contribution in [0.1, 0.15) is 25.0 Å². The van der Waals surface area contributed by atoms with Crippen molar-refractivity contribution in [3.63, 3.8) is 0 Å². The summed E-state index contributed by atoms with van der Waals surface area (Å²) in [4.78, 5) is 13.1. The van der Waals surface area contributed by atoms with Crippen molar-refractivity contribution in [1.82, 2.24) is 0 Å². The van der Waals surface area contributed by atoms with Crippen LogP contribution in [0.25, 0.3) is 0 Å². The Hall–Kier alpha value is -1.55. The molecule has 1 amide bonds. The average Bonchev–Trinajstić information content (AvgIpc) is 2.25. The van der Waals surface area contributed by atoms with E-state index in [1.165, 1.54) is 0 Å². The van der Waals surface area contributed by atoms with Gasteiger partial charge in [-0.2, -0.15) is 0 Å². The summed E-state index contributed by atoms with van der Waals surface area (Å²) in [6.45, 7) is 6.86. The second kappa shape index (κ2) is 5.68. The van der Waals surface area contributed by atoms with Gasteiger partial charge in [0, 0.05) is 18.3 Å². The fourth-order valence-electron chi connectivity index (χ4n) is 1.88. The maximum atomic E-state index is 11.1. The third-order valence-corrected chi connectivity index (χ3v) is 2.76. The van der Waals surface area contributed by atoms with Crippen molar-refractivity contribution in [2.24, 2.45) is 11.5 Å². The van der Waals surface area contributed by atoms with Crippen molar-refractivity contribution in [3.05, 3.63) is 29.3 Å². The van der Waals surface area contributed by atoms with Gasteiger partial charge in [-0.3, -0.25) is 4.79 Å². The topological polar surface area (TPSA) is 72.3 Å². The van der Waals surface area contributed by atoms with Gasteiger partial charge in [0.05, 0.1) is 6.54 Å². The number of hydrogen-bond donors (Lipinski definition) is 2. The molecule has 0 atom stereocenters. The highest BCUT2D eigenvalue weighted by atomic mass is 16.1. The monoisotopic (exact) mass is 235 g/mol. The van der Waals surface area contributed by atoms with E-state index in [0.717, 1.165) is 16.8 Å². The Morgan fingerprint density at radius 1 is 1.41 bits per heavy atom. The summed E-state index contributed by atoms with van der Waals surface area (Å²) >= 11 is 0. The molecule has 4 heteroatoms. The molecule has 0 fully saturated rings. The van der Waals surface area contributed by atoms with Crippen LogP contribution in [0.5, 0.6) is 0 Å². The third kappa shape index (κ3) is 3.46. The molecule has 0 aromatic heterocycles. The molecule has 0 spiro atoms. The van der Waals surface area contributed by atoms with E-state index in [9.17, 15) is 4.79 Å². The predicted octanol–water partition coefficient (Wildman–Crippen LogP) is 1.15. The van der Waals surface area contributed by atoms with Gasteiger partial charge in [0.25, 0.3) is 0 Å². The normalized spacial score (nSPS) is 10.6. The van der Waals surface area contributed by atoms with E-state index >= 15 is 0 Å². The molecule has 4 nitrogen and oxygen atoms in total. The Morgan fingerprint density at radius 3 is 2.47 bits per heavy atom. The van der Waals surface area contributed by atoms with Gasteiger partial charge in [0.15, 0.2) is 0 Å². The minimum atomic E-state index is -0.319. The van der Waals surface area contributed by atoms with Gasteiger partial charge in [-0.15, -0.1) is 0 Å². The van der Waals surface area contributed by atoms with Crippen molar-refractivity contribution < 1.29 is 4.79 Å². The molecule has 0 aliphatic heterocycles. The van der Waals surface area contributed by atoms with E-state index in [1.807, 2.05) is 43.9 Å². The molecule has 1 aromatic rings. The molecule has 17 heavy (non-hydrogen) atoms. The van der Waals surface area contributed by atoms with Gasteiger partial charge in [0.1, 0.15) is 0 Å². The van der Waals surface area contributed by atoms with Crippen molar-refractivity contribution in [2.45, 2.75) is 33.4 Å². The number of hydrogen-bond acceptors (Lipinski definition) is 3. The van der Waals surface area contributed by atoms with Crippen LogP contribution >= 0.6 is 0 Å². The minimum Gasteiger partial charge on any atom is -0.368 e. The smallest absolute Gasteiger partial charge is 0.236 e. The number of rotatable bonds is 5. The number of nitrogens with two attached hydrogens (primary N) is 2. The zero-order valence-electron chi connectivity index (χ0n) is 10.7. The lowest BCUT2D eigenvalue weighted by molar-refractivity contribution is -0.116. The molecule has 4 N–H and O–H groups in total. The van der Waals surface area contributed by atoms with Crippen molar-refractivity contribution >= 4 is 11.6 Å². The number of carbonyl (C=O) groups excluding carboxylic acids is 1. The molecule has 1 aromatic carbocycles. The molecular formula is C13H21N3O. The van der Waals surface area contributed by atoms with Crippen molar-refractivity contribution in [2.75, 3.05) is 11.4 Å². The van der Waals surface area contributed by atoms with Crippen LogP contribution in [-0.2, 0) is 11.3 Å². The summed E-state index contributed by atoms with van der Waals surface area (Å²) in [5.74, 6) is -0.319. The zero-order valence-corrected chi connectivity index (χ0v) is 10.7. The van der Waals surface area contributed by atoms with Gasteiger partial charge in [0.2, 0.25) is 5.91 Å². The first-order valence-corrected chi connectivity index (χ1v) is 5.80. The van der Waals surface area contributed by atoms with Crippen LogP contribution in [0, 0.1) is 6.92 Å². The first-order chi connectivity index (χ1) is 7.95. The molecule has 0 saturated heterocycles. The number of amides is 1. The zero-order chi connectivity index (χ0) is 13.0. The minimum absolute atomic E-state index is 0.227. The SMILES string of the molecule is Cc1cc(CN)ccc1N(CC(N)=O)C(C)C. The second-order valence-electron chi connectivity index (χ2n) is 4.51. The standard InChI is InChI=1S/C13H21N3O/c1-9(2)16(8-13(15)17)12-5-4-11(7-14)6-10(12)3/h4-6,9H,7-8,14H2,1-3H3,(H2,15,17). The van der Waals surface area contributed by atoms with Gasteiger partial charge in [-0.25, -0.2) is 0 Å². The molecule has 0 bridgehead atoms. The Bertz CT molecular complexity index is 402. The number of anilines is 1. The Kier molecular flexibility index (Phi) is 4.52. The Balaban J connectivity index is 3.06. The predicted molar refractivity (Wildman–Crippen MR) is 70.7 cm³/mol. The van der Waals surface area contributed by atoms with E-state index in [4.69, 9.17) is 11.5 Å². The maximum absolute atomic E-state index is 11.1. The lowest BCUT2D eigenvalue weighted by Gasteiger charge is -2.29. The highest BCUT2D eigenvalue weighted by Gasteiger charge is 2.15. The summed E-state index contributed by atoms with van der Waals surface area (Å²) < 4.78 is 0. The van der Waals surface area contributed by atoms with Gasteiger partial charge < -0.3 is 16.4 Å². The molecule has 0 saturated carbocycles. The van der Waals surface area contributed by atoms with E-state index in [-0.39, 0.29) is 18.5 Å². The summed E-state index contributed by atoms with van der Waals surface area (Å²) in [5, 5.41) is 0. The van der Waals surface area contributed by atoms with Gasteiger partial charge in [-0.1, -0.05) is 12.1 Å². The molecule has 0 unspecified atom stereocenters. The van der Waals surface area contributed by atoms with Crippen LogP contribution in [0.3, 0.4) is 0 Å². The van der Waals surface area contributed by atoms with Crippen molar-refractivity contribution in [1.29, 1.82) is 0 Å². The molecular weight excluding hydrogens is 214 g/mol. The average molecular weight is 235 g/mol. The lowest BCUT2D eigenvalue weighted by atomic mass is 10.1. The van der Waals surface area contributed by atoms with E-state index < -0.39 is 0 Å². The van der Waals surface area contributed by atoms with E-state index in [2.05, 4.69) is 0 Å². The number of nitrogens with zero attached hydrogens (tertiary/aromatic N) is 1. The van der Waals surface area contributed by atoms with Gasteiger partial charge in [-0.05, 0) is 38.0 Å². The van der Waals surface area contributed by atoms with E-state index in [0.29, 0.717) is 6.54 Å². The first-order valence-electron chi connectivity index (χ1n) is 5.80. The number of primary amides is 1. The third-order valence-electron chi connectivity index (χ3n) is 2.76. The summed E-state index contributed by atoms with van der Waals surface area (Å²) in [6, 6.07) is 6.26. The first kappa shape index (κ1) is 13.5. The Morgan fingerprint density at radius 2 is 2.06 bits per heavy atom. The van der Waals surface area contributed by atoms with Crippen molar-refractivity contribution in [3.8, 4) is 0 Å². The van der Waals surface area contributed by atoms with Crippen LogP contribution in [0.2, 0.25) is 0 Å². The fraction of sp³-hybridized carbons (Fsp3) is 0.462. The highest BCUT2D eigenvalue weighted by molar-refractivity contribution is 5.80. The largest absolute Gasteiger partial charge is 0.368 e. The molecule has 1 rings (SSSR count). The van der Waals surface area contributed by atoms with E-state index in [1.54, 1.807) is 0 Å². The summed E-state index contributed by atoms with van der Waals surface area (Å²) in [6.07, 6.45) is 0. The molecule has 0 heterocycles. The number of benzene rings is 1. The highest BCUT2D eigenvalue weighted by Crippen LogP contribution is 2.23. The molecule has 0 radical (unpaired) electrons. The fourth-order valence-corrected chi connectivity index (χ4v) is 1.88. The maximum Gasteiger partial charge on any atom is 0.236 e. The lowest BCUT2D eigenvalue weighted by Crippen LogP contribution is -2.39. The quantitative estimate of drug-likeness (QED) is 0.804. The van der Waals surface area contributed by atoms with Gasteiger partial charge >= 0.3 is 0 Å². The van der Waals surface area contributed by atoms with Crippen LogP contribution < -0.4 is 16.4 Å². The summed E-state index contributed by atoms with van der Waals surface area (Å²) in [7, 11) is 0. The molecule has 0 aliphatic carbocycles. The second-order valence-corrected chi connectivity index (χ2v) is 4.51. The van der Waals surface area contributed by atoms with Crippen LogP contribution in [-0.4, -0.2) is 18.5 Å². The van der Waals surface area contributed by atoms with Crippen LogP contribution in [0.4, 0.5) is 5.69 Å². The van der Waals surface area contributed by atoms with Crippen LogP contribution in [0.15, 0.2) is 18.2 Å². The molecule has 94 valence electrons. The molecule has 0 aliphatic rings. The number of carbonyl (C=O) groups is 1. The number of aryl methyl sites for hydroxylation is 1. The Labute approximate surface area is 103 Å². The summed E-state index contributed by atoms with van der Waals surface area (Å²) in [5.41, 5.74) is 14.1.